The Hall–Kier alpha value is -3.33. The predicted octanol–water partition coefficient (Wildman–Crippen LogP) is 2.22. The van der Waals surface area contributed by atoms with Gasteiger partial charge in [-0.05, 0) is 17.7 Å². The molecule has 1 aliphatic heterocycles. The molecule has 0 saturated heterocycles. The second-order valence-electron chi connectivity index (χ2n) is 7.02. The first-order chi connectivity index (χ1) is 14.2. The van der Waals surface area contributed by atoms with Crippen molar-refractivity contribution < 1.29 is 23.8 Å². The third kappa shape index (κ3) is 2.93. The van der Waals surface area contributed by atoms with Crippen molar-refractivity contribution in [2.75, 3.05) is 20.7 Å². The molecule has 1 aliphatic rings. The minimum atomic E-state index is -0.724. The van der Waals surface area contributed by atoms with E-state index in [1.165, 1.54) is 45.5 Å². The van der Waals surface area contributed by atoms with Crippen LogP contribution in [-0.2, 0) is 17.8 Å². The van der Waals surface area contributed by atoms with Crippen LogP contribution in [0.5, 0.6) is 5.75 Å². The van der Waals surface area contributed by atoms with Crippen molar-refractivity contribution in [2.45, 2.75) is 13.1 Å². The number of carbonyl (C=O) groups excluding carboxylic acids is 2. The zero-order chi connectivity index (χ0) is 21.7. The van der Waals surface area contributed by atoms with Gasteiger partial charge in [0.25, 0.3) is 11.5 Å². The second kappa shape index (κ2) is 7.17. The number of ether oxygens (including phenoxy) is 1. The molecule has 3 aromatic rings. The van der Waals surface area contributed by atoms with Gasteiger partial charge in [-0.25, -0.2) is 9.18 Å². The largest absolute Gasteiger partial charge is 0.505 e. The van der Waals surface area contributed by atoms with E-state index in [0.717, 1.165) is 0 Å². The first kappa shape index (κ1) is 20.0. The average Bonchev–Trinajstić information content (AvgIpc) is 3.02. The SMILES string of the molecule is COC(=O)c1cn(Cc2ccc(F)c(Cl)c2)c(=O)c2c(O)c3n(c12)CCN(C)C3=O. The molecule has 1 N–H and O–H groups in total. The van der Waals surface area contributed by atoms with Gasteiger partial charge in [-0.3, -0.25) is 9.59 Å². The van der Waals surface area contributed by atoms with E-state index in [9.17, 15) is 23.9 Å². The van der Waals surface area contributed by atoms with E-state index in [-0.39, 0.29) is 33.7 Å². The maximum absolute atomic E-state index is 13.5. The molecule has 156 valence electrons. The Morgan fingerprint density at radius 1 is 1.30 bits per heavy atom. The number of hydrogen-bond donors (Lipinski definition) is 1. The van der Waals surface area contributed by atoms with Crippen LogP contribution < -0.4 is 5.56 Å². The molecule has 3 heterocycles. The summed E-state index contributed by atoms with van der Waals surface area (Å²) < 4.78 is 21.0. The van der Waals surface area contributed by atoms with E-state index in [2.05, 4.69) is 0 Å². The third-order valence-corrected chi connectivity index (χ3v) is 5.49. The minimum absolute atomic E-state index is 0.0270. The second-order valence-corrected chi connectivity index (χ2v) is 7.42. The molecule has 1 aromatic carbocycles. The van der Waals surface area contributed by atoms with Gasteiger partial charge in [0.15, 0.2) is 11.4 Å². The van der Waals surface area contributed by atoms with Gasteiger partial charge in [0.2, 0.25) is 0 Å². The molecule has 1 amide bonds. The lowest BCUT2D eigenvalue weighted by Crippen LogP contribution is -2.37. The highest BCUT2D eigenvalue weighted by molar-refractivity contribution is 6.30. The van der Waals surface area contributed by atoms with Crippen LogP contribution in [0.3, 0.4) is 0 Å². The number of esters is 1. The molecule has 2 aromatic heterocycles. The van der Waals surface area contributed by atoms with Crippen LogP contribution in [0.1, 0.15) is 26.4 Å². The molecule has 0 unspecified atom stereocenters. The Morgan fingerprint density at radius 2 is 2.03 bits per heavy atom. The van der Waals surface area contributed by atoms with Crippen molar-refractivity contribution in [1.29, 1.82) is 0 Å². The highest BCUT2D eigenvalue weighted by Gasteiger charge is 2.33. The summed E-state index contributed by atoms with van der Waals surface area (Å²) in [4.78, 5) is 39.7. The molecule has 4 rings (SSSR count). The zero-order valence-corrected chi connectivity index (χ0v) is 16.9. The number of hydrogen-bond acceptors (Lipinski definition) is 5. The van der Waals surface area contributed by atoms with E-state index < -0.39 is 29.0 Å². The lowest BCUT2D eigenvalue weighted by Gasteiger charge is -2.25. The van der Waals surface area contributed by atoms with Crippen LogP contribution in [0.4, 0.5) is 4.39 Å². The number of likely N-dealkylation sites (N-methyl/N-ethyl adjacent to an activating group) is 1. The van der Waals surface area contributed by atoms with Crippen molar-refractivity contribution in [3.63, 3.8) is 0 Å². The summed E-state index contributed by atoms with van der Waals surface area (Å²) in [5.41, 5.74) is 0.0304. The summed E-state index contributed by atoms with van der Waals surface area (Å²) in [6.45, 7) is 0.620. The number of halogens is 2. The van der Waals surface area contributed by atoms with E-state index in [1.54, 1.807) is 7.05 Å². The van der Waals surface area contributed by atoms with Crippen LogP contribution in [0.2, 0.25) is 5.02 Å². The van der Waals surface area contributed by atoms with Gasteiger partial charge in [0, 0.05) is 26.3 Å². The summed E-state index contributed by atoms with van der Waals surface area (Å²) in [5.74, 6) is -2.26. The van der Waals surface area contributed by atoms with Crippen molar-refractivity contribution in [2.24, 2.45) is 0 Å². The van der Waals surface area contributed by atoms with Gasteiger partial charge >= 0.3 is 5.97 Å². The van der Waals surface area contributed by atoms with Gasteiger partial charge in [-0.1, -0.05) is 17.7 Å². The molecule has 0 bridgehead atoms. The Morgan fingerprint density at radius 3 is 2.70 bits per heavy atom. The van der Waals surface area contributed by atoms with Crippen molar-refractivity contribution >= 4 is 34.4 Å². The monoisotopic (exact) mass is 433 g/mol. The number of rotatable bonds is 3. The van der Waals surface area contributed by atoms with Gasteiger partial charge in [0.05, 0.1) is 24.2 Å². The summed E-state index contributed by atoms with van der Waals surface area (Å²) in [6.07, 6.45) is 1.31. The number of benzene rings is 1. The van der Waals surface area contributed by atoms with E-state index >= 15 is 0 Å². The lowest BCUT2D eigenvalue weighted by atomic mass is 10.1. The summed E-state index contributed by atoms with van der Waals surface area (Å²) >= 11 is 5.82. The van der Waals surface area contributed by atoms with Crippen molar-refractivity contribution in [1.82, 2.24) is 14.0 Å². The first-order valence-electron chi connectivity index (χ1n) is 9.01. The zero-order valence-electron chi connectivity index (χ0n) is 16.1. The van der Waals surface area contributed by atoms with Crippen LogP contribution in [0, 0.1) is 5.82 Å². The number of fused-ring (bicyclic) bond motifs is 3. The highest BCUT2D eigenvalue weighted by Crippen LogP contribution is 2.34. The number of amides is 1. The Balaban J connectivity index is 2.00. The smallest absolute Gasteiger partial charge is 0.341 e. The average molecular weight is 434 g/mol. The fourth-order valence-corrected chi connectivity index (χ4v) is 3.89. The molecule has 8 nitrogen and oxygen atoms in total. The number of aromatic nitrogens is 2. The molecular formula is C20H17ClFN3O5. The number of aromatic hydroxyl groups is 1. The predicted molar refractivity (Wildman–Crippen MR) is 107 cm³/mol. The van der Waals surface area contributed by atoms with Crippen LogP contribution in [0.25, 0.3) is 10.9 Å². The highest BCUT2D eigenvalue weighted by atomic mass is 35.5. The van der Waals surface area contributed by atoms with Crippen molar-refractivity contribution in [3.8, 4) is 5.75 Å². The minimum Gasteiger partial charge on any atom is -0.505 e. The normalized spacial score (nSPS) is 13.6. The summed E-state index contributed by atoms with van der Waals surface area (Å²) in [5, 5.41) is 10.5. The molecule has 0 aliphatic carbocycles. The van der Waals surface area contributed by atoms with Crippen LogP contribution in [-0.4, -0.2) is 51.7 Å². The fraction of sp³-hybridized carbons (Fsp3) is 0.250. The number of nitrogens with zero attached hydrogens (tertiary/aromatic N) is 3. The van der Waals surface area contributed by atoms with E-state index in [0.29, 0.717) is 18.7 Å². The summed E-state index contributed by atoms with van der Waals surface area (Å²) in [7, 11) is 2.78. The molecular weight excluding hydrogens is 417 g/mol. The number of pyridine rings is 1. The first-order valence-corrected chi connectivity index (χ1v) is 9.38. The molecule has 0 fully saturated rings. The quantitative estimate of drug-likeness (QED) is 0.639. The molecule has 0 spiro atoms. The molecule has 10 heteroatoms. The van der Waals surface area contributed by atoms with Gasteiger partial charge < -0.3 is 23.9 Å². The fourth-order valence-electron chi connectivity index (χ4n) is 3.69. The lowest BCUT2D eigenvalue weighted by molar-refractivity contribution is 0.0600. The maximum Gasteiger partial charge on any atom is 0.341 e. The van der Waals surface area contributed by atoms with Crippen LogP contribution in [0.15, 0.2) is 29.2 Å². The maximum atomic E-state index is 13.5. The Bertz CT molecular complexity index is 1280. The van der Waals surface area contributed by atoms with Crippen molar-refractivity contribution in [3.05, 3.63) is 62.4 Å². The van der Waals surface area contributed by atoms with E-state index in [4.69, 9.17) is 16.3 Å². The van der Waals surface area contributed by atoms with E-state index in [1.807, 2.05) is 0 Å². The Labute approximate surface area is 174 Å². The molecule has 0 atom stereocenters. The molecule has 0 saturated carbocycles. The third-order valence-electron chi connectivity index (χ3n) is 5.20. The summed E-state index contributed by atoms with van der Waals surface area (Å²) in [6, 6.07) is 4.00. The molecule has 30 heavy (non-hydrogen) atoms. The van der Waals surface area contributed by atoms with Gasteiger partial charge in [-0.15, -0.1) is 0 Å². The van der Waals surface area contributed by atoms with Gasteiger partial charge in [0.1, 0.15) is 16.8 Å². The Kier molecular flexibility index (Phi) is 4.77. The van der Waals surface area contributed by atoms with Crippen LogP contribution >= 0.6 is 11.6 Å². The van der Waals surface area contributed by atoms with Gasteiger partial charge in [-0.2, -0.15) is 0 Å². The molecule has 0 radical (unpaired) electrons. The standard InChI is InChI=1S/C20H17ClFN3O5/c1-23-5-6-25-15-11(20(29)30-2)9-24(8-10-3-4-13(22)12(21)7-10)18(27)14(15)17(26)16(25)19(23)28/h3-4,7,9,26H,5-6,8H2,1-2H3. The topological polar surface area (TPSA) is 93.8 Å². The number of methoxy groups -OCH3 is 1. The number of carbonyl (C=O) groups is 2.